The van der Waals surface area contributed by atoms with Gasteiger partial charge in [0.05, 0.1) is 10.9 Å². The quantitative estimate of drug-likeness (QED) is 0.818. The summed E-state index contributed by atoms with van der Waals surface area (Å²) in [5.74, 6) is 0.817. The summed E-state index contributed by atoms with van der Waals surface area (Å²) in [5.41, 5.74) is 2.15. The van der Waals surface area contributed by atoms with Gasteiger partial charge in [0.1, 0.15) is 12.4 Å². The molecule has 128 valence electrons. The number of hydrogen-bond acceptors (Lipinski definition) is 3. The summed E-state index contributed by atoms with van der Waals surface area (Å²) < 4.78 is 34.5. The molecule has 24 heavy (non-hydrogen) atoms. The monoisotopic (exact) mass is 409 g/mol. The van der Waals surface area contributed by atoms with Crippen molar-refractivity contribution in [3.05, 3.63) is 58.1 Å². The van der Waals surface area contributed by atoms with E-state index in [9.17, 15) is 8.42 Å². The second-order valence-electron chi connectivity index (χ2n) is 5.98. The van der Waals surface area contributed by atoms with Crippen LogP contribution in [0.2, 0.25) is 0 Å². The van der Waals surface area contributed by atoms with Gasteiger partial charge >= 0.3 is 0 Å². The van der Waals surface area contributed by atoms with Crippen molar-refractivity contribution in [3.8, 4) is 5.75 Å². The molecule has 1 atom stereocenters. The first-order chi connectivity index (χ1) is 11.5. The minimum atomic E-state index is -3.55. The fraction of sp³-hybridized carbons (Fsp3) is 0.333. The van der Waals surface area contributed by atoms with Crippen LogP contribution in [0, 0.1) is 0 Å². The van der Waals surface area contributed by atoms with Crippen molar-refractivity contribution in [1.82, 2.24) is 4.72 Å². The molecule has 3 rings (SSSR count). The van der Waals surface area contributed by atoms with Crippen LogP contribution in [0.4, 0.5) is 0 Å². The van der Waals surface area contributed by atoms with Gasteiger partial charge in [0.2, 0.25) is 10.0 Å². The maximum absolute atomic E-state index is 12.6. The van der Waals surface area contributed by atoms with E-state index >= 15 is 0 Å². The number of fused-ring (bicyclic) bond motifs is 1. The Labute approximate surface area is 151 Å². The Morgan fingerprint density at radius 2 is 1.96 bits per heavy atom. The number of sulfonamides is 1. The highest BCUT2D eigenvalue weighted by molar-refractivity contribution is 9.10. The standard InChI is InChI=1S/C18H20BrNO3S/c1-2-3-13-4-7-17(8-5-13)24(21,22)20-16-11-14-10-15(19)6-9-18(14)23-12-16/h4-10,16,20H,2-3,11-12H2,1H3/t16-/m1/s1. The molecule has 0 saturated carbocycles. The van der Waals surface area contributed by atoms with E-state index in [0.29, 0.717) is 17.9 Å². The van der Waals surface area contributed by atoms with Crippen molar-refractivity contribution in [2.45, 2.75) is 37.1 Å². The molecule has 0 unspecified atom stereocenters. The Morgan fingerprint density at radius 3 is 2.67 bits per heavy atom. The lowest BCUT2D eigenvalue weighted by Gasteiger charge is -2.26. The van der Waals surface area contributed by atoms with Crippen molar-refractivity contribution in [1.29, 1.82) is 0 Å². The third-order valence-corrected chi connectivity index (χ3v) is 6.05. The first-order valence-electron chi connectivity index (χ1n) is 8.00. The summed E-state index contributed by atoms with van der Waals surface area (Å²) in [6.45, 7) is 2.44. The van der Waals surface area contributed by atoms with Gasteiger partial charge in [-0.25, -0.2) is 13.1 Å². The maximum atomic E-state index is 12.6. The van der Waals surface area contributed by atoms with Crippen molar-refractivity contribution in [2.24, 2.45) is 0 Å². The van der Waals surface area contributed by atoms with Crippen LogP contribution in [0.5, 0.6) is 5.75 Å². The molecule has 0 fully saturated rings. The zero-order valence-corrected chi connectivity index (χ0v) is 15.9. The second kappa shape index (κ2) is 7.25. The van der Waals surface area contributed by atoms with E-state index < -0.39 is 10.0 Å². The topological polar surface area (TPSA) is 55.4 Å². The number of hydrogen-bond donors (Lipinski definition) is 1. The molecular formula is C18H20BrNO3S. The van der Waals surface area contributed by atoms with E-state index in [2.05, 4.69) is 27.6 Å². The fourth-order valence-electron chi connectivity index (χ4n) is 2.85. The van der Waals surface area contributed by atoms with Gasteiger partial charge < -0.3 is 4.74 Å². The van der Waals surface area contributed by atoms with Crippen LogP contribution in [-0.2, 0) is 22.9 Å². The average Bonchev–Trinajstić information content (AvgIpc) is 2.55. The molecule has 0 aliphatic carbocycles. The molecule has 0 spiro atoms. The van der Waals surface area contributed by atoms with Gasteiger partial charge in [-0.05, 0) is 54.3 Å². The number of nitrogens with one attached hydrogen (secondary N) is 1. The molecule has 6 heteroatoms. The number of ether oxygens (including phenoxy) is 1. The van der Waals surface area contributed by atoms with Crippen LogP contribution >= 0.6 is 15.9 Å². The van der Waals surface area contributed by atoms with Gasteiger partial charge in [0.15, 0.2) is 0 Å². The van der Waals surface area contributed by atoms with Crippen LogP contribution in [0.15, 0.2) is 51.8 Å². The Bertz CT molecular complexity index is 819. The number of rotatable bonds is 5. The molecule has 0 amide bonds. The molecule has 1 aliphatic rings. The van der Waals surface area contributed by atoms with Crippen LogP contribution in [0.1, 0.15) is 24.5 Å². The number of benzene rings is 2. The third kappa shape index (κ3) is 3.99. The van der Waals surface area contributed by atoms with Crippen molar-refractivity contribution < 1.29 is 13.2 Å². The van der Waals surface area contributed by atoms with Gasteiger partial charge in [-0.3, -0.25) is 0 Å². The van der Waals surface area contributed by atoms with Gasteiger partial charge in [0, 0.05) is 4.47 Å². The number of aryl methyl sites for hydroxylation is 1. The lowest BCUT2D eigenvalue weighted by Crippen LogP contribution is -2.42. The third-order valence-electron chi connectivity index (χ3n) is 4.02. The fourth-order valence-corrected chi connectivity index (χ4v) is 4.48. The molecule has 0 aromatic heterocycles. The number of halogens is 1. The Kier molecular flexibility index (Phi) is 5.27. The lowest BCUT2D eigenvalue weighted by atomic mass is 10.0. The molecular weight excluding hydrogens is 390 g/mol. The summed E-state index contributed by atoms with van der Waals surface area (Å²) in [4.78, 5) is 0.294. The second-order valence-corrected chi connectivity index (χ2v) is 8.61. The smallest absolute Gasteiger partial charge is 0.240 e. The lowest BCUT2D eigenvalue weighted by molar-refractivity contribution is 0.254. The summed E-state index contributed by atoms with van der Waals surface area (Å²) in [5, 5.41) is 0. The highest BCUT2D eigenvalue weighted by atomic mass is 79.9. The van der Waals surface area contributed by atoms with Gasteiger partial charge in [-0.1, -0.05) is 41.4 Å². The minimum absolute atomic E-state index is 0.271. The van der Waals surface area contributed by atoms with Crippen LogP contribution < -0.4 is 9.46 Å². The normalized spacial score (nSPS) is 17.2. The van der Waals surface area contributed by atoms with Crippen LogP contribution in [0.3, 0.4) is 0 Å². The summed E-state index contributed by atoms with van der Waals surface area (Å²) in [7, 11) is -3.55. The SMILES string of the molecule is CCCc1ccc(S(=O)(=O)N[C@H]2COc3ccc(Br)cc3C2)cc1. The first-order valence-corrected chi connectivity index (χ1v) is 10.3. The molecule has 1 aliphatic heterocycles. The summed E-state index contributed by atoms with van der Waals surface area (Å²) in [6.07, 6.45) is 2.61. The van der Waals surface area contributed by atoms with Gasteiger partial charge in [-0.2, -0.15) is 0 Å². The Balaban J connectivity index is 1.73. The van der Waals surface area contributed by atoms with E-state index in [1.165, 1.54) is 0 Å². The largest absolute Gasteiger partial charge is 0.492 e. The van der Waals surface area contributed by atoms with E-state index in [-0.39, 0.29) is 6.04 Å². The predicted molar refractivity (Wildman–Crippen MR) is 97.9 cm³/mol. The van der Waals surface area contributed by atoms with Gasteiger partial charge in [-0.15, -0.1) is 0 Å². The van der Waals surface area contributed by atoms with E-state index in [4.69, 9.17) is 4.74 Å². The van der Waals surface area contributed by atoms with Crippen molar-refractivity contribution >= 4 is 26.0 Å². The predicted octanol–water partition coefficient (Wildman–Crippen LogP) is 3.68. The Hall–Kier alpha value is -1.37. The highest BCUT2D eigenvalue weighted by Gasteiger charge is 2.25. The van der Waals surface area contributed by atoms with Crippen molar-refractivity contribution in [3.63, 3.8) is 0 Å². The molecule has 2 aromatic carbocycles. The first kappa shape index (κ1) is 17.5. The van der Waals surface area contributed by atoms with Crippen LogP contribution in [0.25, 0.3) is 0 Å². The molecule has 2 aromatic rings. The molecule has 1 heterocycles. The van der Waals surface area contributed by atoms with E-state index in [0.717, 1.165) is 34.2 Å². The maximum Gasteiger partial charge on any atom is 0.240 e. The van der Waals surface area contributed by atoms with Crippen LogP contribution in [-0.4, -0.2) is 21.1 Å². The zero-order chi connectivity index (χ0) is 17.2. The van der Waals surface area contributed by atoms with E-state index in [1.807, 2.05) is 30.3 Å². The zero-order valence-electron chi connectivity index (χ0n) is 13.5. The average molecular weight is 410 g/mol. The molecule has 1 N–H and O–H groups in total. The van der Waals surface area contributed by atoms with Gasteiger partial charge in [0.25, 0.3) is 0 Å². The highest BCUT2D eigenvalue weighted by Crippen LogP contribution is 2.28. The van der Waals surface area contributed by atoms with E-state index in [1.54, 1.807) is 12.1 Å². The molecule has 4 nitrogen and oxygen atoms in total. The molecule has 0 saturated heterocycles. The Morgan fingerprint density at radius 1 is 1.21 bits per heavy atom. The summed E-state index contributed by atoms with van der Waals surface area (Å²) in [6, 6.07) is 12.6. The molecule has 0 bridgehead atoms. The minimum Gasteiger partial charge on any atom is -0.492 e. The molecule has 0 radical (unpaired) electrons. The van der Waals surface area contributed by atoms with Crippen molar-refractivity contribution in [2.75, 3.05) is 6.61 Å². The summed E-state index contributed by atoms with van der Waals surface area (Å²) >= 11 is 3.43.